The second kappa shape index (κ2) is 30.2. The summed E-state index contributed by atoms with van der Waals surface area (Å²) in [5.74, 6) is 0.708. The minimum atomic E-state index is 0. The minimum Gasteiger partial charge on any atom is -0.103 e. The molecule has 184 valence electrons. The number of hydrogen-bond donors (Lipinski definition) is 0. The van der Waals surface area contributed by atoms with Gasteiger partial charge in [-0.25, -0.2) is 0 Å². The van der Waals surface area contributed by atoms with Crippen molar-refractivity contribution in [1.82, 2.24) is 0 Å². The first-order valence-electron chi connectivity index (χ1n) is 11.5. The standard InChI is InChI=1S/4C7H14.2CH4/c1-5-7(3,4)6-2;1-5-7(4)6(2)3;2*1-4-6-7(3)5-2;;/h5H,1,6H2,2-4H3;7H,2,5H2,1,3-4H3;2*6H,4-5H2,1-3H3;2*1H4/b;;7-6+;7-6-;;. The van der Waals surface area contributed by atoms with Gasteiger partial charge >= 0.3 is 0 Å². The third kappa shape index (κ3) is 41.4. The predicted octanol–water partition coefficient (Wildman–Crippen LogP) is 12.0. The highest BCUT2D eigenvalue weighted by molar-refractivity contribution is 4.96. The molecular formula is C30H64. The van der Waals surface area contributed by atoms with Crippen LogP contribution in [0.4, 0.5) is 0 Å². The van der Waals surface area contributed by atoms with Crippen LogP contribution in [0.25, 0.3) is 0 Å². The maximum Gasteiger partial charge on any atom is -0.0180 e. The molecule has 0 aromatic carbocycles. The molecule has 0 heterocycles. The molecule has 0 amide bonds. The Kier molecular flexibility index (Phi) is 43.2. The van der Waals surface area contributed by atoms with Gasteiger partial charge in [0.15, 0.2) is 0 Å². The summed E-state index contributed by atoms with van der Waals surface area (Å²) in [6, 6.07) is 0. The van der Waals surface area contributed by atoms with Crippen molar-refractivity contribution in [3.63, 3.8) is 0 Å². The molecule has 0 bridgehead atoms. The first-order chi connectivity index (χ1) is 12.9. The van der Waals surface area contributed by atoms with Gasteiger partial charge in [0, 0.05) is 0 Å². The number of rotatable bonds is 8. The fraction of sp³-hybridized carbons (Fsp3) is 0.733. The van der Waals surface area contributed by atoms with E-state index in [0.717, 1.165) is 0 Å². The van der Waals surface area contributed by atoms with E-state index in [1.165, 1.54) is 55.2 Å². The van der Waals surface area contributed by atoms with E-state index in [1.807, 2.05) is 6.08 Å². The van der Waals surface area contributed by atoms with E-state index in [1.54, 1.807) is 0 Å². The van der Waals surface area contributed by atoms with Gasteiger partial charge in [0.2, 0.25) is 0 Å². The molecule has 0 heteroatoms. The second-order valence-corrected chi connectivity index (χ2v) is 8.33. The molecule has 0 aromatic rings. The molecule has 0 rings (SSSR count). The highest BCUT2D eigenvalue weighted by atomic mass is 14.1. The van der Waals surface area contributed by atoms with E-state index >= 15 is 0 Å². The molecule has 0 saturated heterocycles. The average Bonchev–Trinajstić information content (AvgIpc) is 2.68. The van der Waals surface area contributed by atoms with Gasteiger partial charge in [0.25, 0.3) is 0 Å². The Morgan fingerprint density at radius 1 is 0.800 bits per heavy atom. The summed E-state index contributed by atoms with van der Waals surface area (Å²) in [5.41, 5.74) is 4.65. The largest absolute Gasteiger partial charge is 0.103 e. The zero-order chi connectivity index (χ0) is 23.2. The van der Waals surface area contributed by atoms with Crippen molar-refractivity contribution < 1.29 is 0 Å². The van der Waals surface area contributed by atoms with Gasteiger partial charge < -0.3 is 0 Å². The molecule has 0 nitrogen and oxygen atoms in total. The monoisotopic (exact) mass is 425 g/mol. The van der Waals surface area contributed by atoms with Crippen LogP contribution in [0.15, 0.2) is 48.1 Å². The van der Waals surface area contributed by atoms with E-state index in [-0.39, 0.29) is 14.9 Å². The smallest absolute Gasteiger partial charge is 0.0180 e. The summed E-state index contributed by atoms with van der Waals surface area (Å²) in [6.07, 6.45) is 13.7. The lowest BCUT2D eigenvalue weighted by atomic mass is 9.91. The summed E-state index contributed by atoms with van der Waals surface area (Å²) >= 11 is 0. The van der Waals surface area contributed by atoms with Crippen molar-refractivity contribution in [2.75, 3.05) is 0 Å². The van der Waals surface area contributed by atoms with Crippen LogP contribution in [0.2, 0.25) is 0 Å². The molecule has 0 radical (unpaired) electrons. The maximum absolute atomic E-state index is 3.83. The van der Waals surface area contributed by atoms with Crippen molar-refractivity contribution >= 4 is 0 Å². The summed E-state index contributed by atoms with van der Waals surface area (Å²) < 4.78 is 0. The Morgan fingerprint density at radius 3 is 1.17 bits per heavy atom. The third-order valence-corrected chi connectivity index (χ3v) is 5.14. The van der Waals surface area contributed by atoms with Gasteiger partial charge in [-0.3, -0.25) is 0 Å². The highest BCUT2D eigenvalue weighted by Gasteiger charge is 2.06. The van der Waals surface area contributed by atoms with Crippen molar-refractivity contribution in [3.8, 4) is 0 Å². The van der Waals surface area contributed by atoms with Crippen LogP contribution in [-0.4, -0.2) is 0 Å². The zero-order valence-electron chi connectivity index (χ0n) is 22.0. The molecule has 1 atom stereocenters. The number of allylic oxidation sites excluding steroid dienone is 6. The Bertz CT molecular complexity index is 384. The minimum absolute atomic E-state index is 0. The van der Waals surface area contributed by atoms with Crippen LogP contribution in [-0.2, 0) is 0 Å². The normalized spacial score (nSPS) is 11.5. The Balaban J connectivity index is -0.0000000626. The summed E-state index contributed by atoms with van der Waals surface area (Å²) in [6.45, 7) is 33.5. The fourth-order valence-corrected chi connectivity index (χ4v) is 1.48. The molecule has 0 aliphatic heterocycles. The second-order valence-electron chi connectivity index (χ2n) is 8.33. The van der Waals surface area contributed by atoms with Gasteiger partial charge in [-0.1, -0.05) is 119 Å². The van der Waals surface area contributed by atoms with Crippen molar-refractivity contribution in [3.05, 3.63) is 48.1 Å². The number of hydrogen-bond acceptors (Lipinski definition) is 0. The highest BCUT2D eigenvalue weighted by Crippen LogP contribution is 2.19. The van der Waals surface area contributed by atoms with Gasteiger partial charge in [0.1, 0.15) is 0 Å². The molecule has 1 unspecified atom stereocenters. The van der Waals surface area contributed by atoms with Crippen LogP contribution >= 0.6 is 0 Å². The molecule has 0 aliphatic rings. The van der Waals surface area contributed by atoms with Gasteiger partial charge in [0.05, 0.1) is 0 Å². The maximum atomic E-state index is 3.83. The van der Waals surface area contributed by atoms with Crippen molar-refractivity contribution in [1.29, 1.82) is 0 Å². The van der Waals surface area contributed by atoms with Crippen LogP contribution in [0.5, 0.6) is 0 Å². The zero-order valence-corrected chi connectivity index (χ0v) is 22.0. The first kappa shape index (κ1) is 42.9. The van der Waals surface area contributed by atoms with Crippen molar-refractivity contribution in [2.45, 2.75) is 136 Å². The SMILES string of the molecule is C.C.C=C(C)C(C)CC.C=CC(C)(C)CC.CC/C=C(/C)CC.CC/C=C(\C)CC. The average molecular weight is 425 g/mol. The lowest BCUT2D eigenvalue weighted by Gasteiger charge is -2.14. The predicted molar refractivity (Wildman–Crippen MR) is 151 cm³/mol. The van der Waals surface area contributed by atoms with E-state index in [9.17, 15) is 0 Å². The molecular weight excluding hydrogens is 360 g/mol. The topological polar surface area (TPSA) is 0 Å². The van der Waals surface area contributed by atoms with Crippen molar-refractivity contribution in [2.24, 2.45) is 11.3 Å². The quantitative estimate of drug-likeness (QED) is 0.340. The Hall–Kier alpha value is -1.04. The van der Waals surface area contributed by atoms with Crippen LogP contribution in [0, 0.1) is 11.3 Å². The van der Waals surface area contributed by atoms with Crippen LogP contribution < -0.4 is 0 Å². The van der Waals surface area contributed by atoms with E-state index in [4.69, 9.17) is 0 Å². The fourth-order valence-electron chi connectivity index (χ4n) is 1.48. The third-order valence-electron chi connectivity index (χ3n) is 5.14. The molecule has 0 aliphatic carbocycles. The molecule has 0 saturated carbocycles. The lowest BCUT2D eigenvalue weighted by Crippen LogP contribution is -2.02. The molecule has 30 heavy (non-hydrogen) atoms. The van der Waals surface area contributed by atoms with Crippen LogP contribution in [0.1, 0.15) is 136 Å². The summed E-state index contributed by atoms with van der Waals surface area (Å²) in [7, 11) is 0. The van der Waals surface area contributed by atoms with E-state index in [2.05, 4.69) is 108 Å². The van der Waals surface area contributed by atoms with Gasteiger partial charge in [-0.2, -0.15) is 0 Å². The summed E-state index contributed by atoms with van der Waals surface area (Å²) in [4.78, 5) is 0. The molecule has 0 N–H and O–H groups in total. The molecule has 0 fully saturated rings. The van der Waals surface area contributed by atoms with E-state index < -0.39 is 0 Å². The van der Waals surface area contributed by atoms with Crippen LogP contribution in [0.3, 0.4) is 0 Å². The van der Waals surface area contributed by atoms with Gasteiger partial charge in [-0.05, 0) is 70.6 Å². The van der Waals surface area contributed by atoms with E-state index in [0.29, 0.717) is 11.3 Å². The first-order valence-corrected chi connectivity index (χ1v) is 11.5. The lowest BCUT2D eigenvalue weighted by molar-refractivity contribution is 0.463. The van der Waals surface area contributed by atoms with Gasteiger partial charge in [-0.15, -0.1) is 6.58 Å². The molecule has 0 spiro atoms. The summed E-state index contributed by atoms with van der Waals surface area (Å²) in [5, 5.41) is 0. The Labute approximate surface area is 196 Å². The molecule has 0 aromatic heterocycles. The Morgan fingerprint density at radius 2 is 1.13 bits per heavy atom.